The number of hydrogen-bond acceptors (Lipinski definition) is 4. The number of nitrogens with one attached hydrogen (secondary N) is 1. The molecule has 114 valence electrons. The van der Waals surface area contributed by atoms with Crippen LogP contribution in [0.25, 0.3) is 0 Å². The minimum Gasteiger partial charge on any atom is -0.497 e. The summed E-state index contributed by atoms with van der Waals surface area (Å²) in [7, 11) is 3.35. The Hall–Kier alpha value is -1.10. The Labute approximate surface area is 122 Å². The first-order chi connectivity index (χ1) is 9.46. The van der Waals surface area contributed by atoms with Crippen molar-refractivity contribution in [1.29, 1.82) is 0 Å². The van der Waals surface area contributed by atoms with Crippen molar-refractivity contribution >= 4 is 0 Å². The summed E-state index contributed by atoms with van der Waals surface area (Å²) in [5, 5.41) is 3.48. The van der Waals surface area contributed by atoms with Crippen LogP contribution in [0.5, 0.6) is 5.75 Å². The predicted molar refractivity (Wildman–Crippen MR) is 81.3 cm³/mol. The molecule has 0 heterocycles. The lowest BCUT2D eigenvalue weighted by Crippen LogP contribution is -2.39. The number of ether oxygens (including phenoxy) is 3. The van der Waals surface area contributed by atoms with Gasteiger partial charge in [-0.2, -0.15) is 0 Å². The Bertz CT molecular complexity index is 388. The highest BCUT2D eigenvalue weighted by molar-refractivity contribution is 5.30. The molecule has 1 atom stereocenters. The highest BCUT2D eigenvalue weighted by Crippen LogP contribution is 2.22. The molecule has 1 rings (SSSR count). The Morgan fingerprint density at radius 3 is 2.50 bits per heavy atom. The van der Waals surface area contributed by atoms with Crippen molar-refractivity contribution in [1.82, 2.24) is 5.32 Å². The average Bonchev–Trinajstić information content (AvgIpc) is 2.41. The van der Waals surface area contributed by atoms with Gasteiger partial charge in [0, 0.05) is 19.2 Å². The van der Waals surface area contributed by atoms with E-state index in [1.54, 1.807) is 14.2 Å². The van der Waals surface area contributed by atoms with E-state index in [0.29, 0.717) is 13.2 Å². The van der Waals surface area contributed by atoms with Gasteiger partial charge in [0.05, 0.1) is 26.4 Å². The van der Waals surface area contributed by atoms with Crippen molar-refractivity contribution in [3.05, 3.63) is 29.8 Å². The zero-order chi connectivity index (χ0) is 15.0. The standard InChI is InChI=1S/C16H27NO3/c1-16(2,3)17-12-15(20-10-9-18-4)13-7-6-8-14(11-13)19-5/h6-8,11,15,17H,9-10,12H2,1-5H3. The first kappa shape index (κ1) is 17.0. The SMILES string of the molecule is COCCOC(CNC(C)(C)C)c1cccc(OC)c1. The molecule has 0 aliphatic carbocycles. The molecule has 0 aliphatic rings. The Kier molecular flexibility index (Phi) is 6.99. The van der Waals surface area contributed by atoms with Gasteiger partial charge in [-0.1, -0.05) is 12.1 Å². The van der Waals surface area contributed by atoms with E-state index >= 15 is 0 Å². The van der Waals surface area contributed by atoms with Crippen molar-refractivity contribution in [2.45, 2.75) is 32.4 Å². The summed E-state index contributed by atoms with van der Waals surface area (Å²) in [4.78, 5) is 0. The molecule has 1 N–H and O–H groups in total. The minimum absolute atomic E-state index is 0.0144. The van der Waals surface area contributed by atoms with E-state index in [1.807, 2.05) is 18.2 Å². The molecule has 1 aromatic carbocycles. The van der Waals surface area contributed by atoms with Crippen molar-refractivity contribution in [2.24, 2.45) is 0 Å². The second-order valence-corrected chi connectivity index (χ2v) is 5.76. The van der Waals surface area contributed by atoms with Gasteiger partial charge in [0.15, 0.2) is 0 Å². The van der Waals surface area contributed by atoms with Gasteiger partial charge in [-0.25, -0.2) is 0 Å². The van der Waals surface area contributed by atoms with E-state index in [-0.39, 0.29) is 11.6 Å². The van der Waals surface area contributed by atoms with Gasteiger partial charge in [0.25, 0.3) is 0 Å². The molecule has 0 radical (unpaired) electrons. The van der Waals surface area contributed by atoms with Crippen LogP contribution >= 0.6 is 0 Å². The van der Waals surface area contributed by atoms with E-state index in [0.717, 1.165) is 17.9 Å². The van der Waals surface area contributed by atoms with Crippen LogP contribution in [0.15, 0.2) is 24.3 Å². The third-order valence-electron chi connectivity index (χ3n) is 2.89. The quantitative estimate of drug-likeness (QED) is 0.744. The summed E-state index contributed by atoms with van der Waals surface area (Å²) in [6.45, 7) is 8.35. The van der Waals surface area contributed by atoms with Gasteiger partial charge in [0.1, 0.15) is 5.75 Å². The molecule has 0 saturated heterocycles. The lowest BCUT2D eigenvalue weighted by Gasteiger charge is -2.26. The highest BCUT2D eigenvalue weighted by atomic mass is 16.5. The average molecular weight is 281 g/mol. The summed E-state index contributed by atoms with van der Waals surface area (Å²) in [5.41, 5.74) is 1.17. The molecule has 0 spiro atoms. The number of hydrogen-bond donors (Lipinski definition) is 1. The van der Waals surface area contributed by atoms with E-state index in [1.165, 1.54) is 0 Å². The van der Waals surface area contributed by atoms with Crippen LogP contribution in [-0.4, -0.2) is 39.5 Å². The van der Waals surface area contributed by atoms with E-state index in [4.69, 9.17) is 14.2 Å². The lowest BCUT2D eigenvalue weighted by atomic mass is 10.1. The van der Waals surface area contributed by atoms with Gasteiger partial charge in [-0.3, -0.25) is 0 Å². The van der Waals surface area contributed by atoms with Crippen LogP contribution in [0, 0.1) is 0 Å². The molecule has 20 heavy (non-hydrogen) atoms. The topological polar surface area (TPSA) is 39.7 Å². The summed E-state index contributed by atoms with van der Waals surface area (Å²) >= 11 is 0. The third-order valence-corrected chi connectivity index (χ3v) is 2.89. The van der Waals surface area contributed by atoms with Gasteiger partial charge < -0.3 is 19.5 Å². The Morgan fingerprint density at radius 1 is 1.15 bits per heavy atom. The molecule has 1 unspecified atom stereocenters. The summed E-state index contributed by atoms with van der Waals surface area (Å²) in [6.07, 6.45) is -0.0144. The monoisotopic (exact) mass is 281 g/mol. The first-order valence-corrected chi connectivity index (χ1v) is 6.96. The molecule has 4 heteroatoms. The fraction of sp³-hybridized carbons (Fsp3) is 0.625. The van der Waals surface area contributed by atoms with Crippen LogP contribution in [0.3, 0.4) is 0 Å². The first-order valence-electron chi connectivity index (χ1n) is 6.96. The maximum Gasteiger partial charge on any atom is 0.119 e. The zero-order valence-corrected chi connectivity index (χ0v) is 13.2. The molecule has 4 nitrogen and oxygen atoms in total. The number of rotatable bonds is 8. The molecule has 0 saturated carbocycles. The molecular weight excluding hydrogens is 254 g/mol. The molecule has 0 fully saturated rings. The van der Waals surface area contributed by atoms with E-state index in [9.17, 15) is 0 Å². The van der Waals surface area contributed by atoms with Crippen LogP contribution in [-0.2, 0) is 9.47 Å². The molecule has 1 aromatic rings. The Balaban J connectivity index is 2.73. The highest BCUT2D eigenvalue weighted by Gasteiger charge is 2.17. The normalized spacial score (nSPS) is 13.2. The second kappa shape index (κ2) is 8.25. The van der Waals surface area contributed by atoms with Gasteiger partial charge in [-0.15, -0.1) is 0 Å². The van der Waals surface area contributed by atoms with E-state index < -0.39 is 0 Å². The van der Waals surface area contributed by atoms with Crippen molar-refractivity contribution in [2.75, 3.05) is 34.0 Å². The smallest absolute Gasteiger partial charge is 0.119 e. The lowest BCUT2D eigenvalue weighted by molar-refractivity contribution is 0.0139. The molecule has 0 aromatic heterocycles. The third kappa shape index (κ3) is 6.37. The van der Waals surface area contributed by atoms with Crippen LogP contribution in [0.1, 0.15) is 32.4 Å². The number of benzene rings is 1. The summed E-state index contributed by atoms with van der Waals surface area (Å²) < 4.78 is 16.2. The van der Waals surface area contributed by atoms with Crippen LogP contribution in [0.4, 0.5) is 0 Å². The Morgan fingerprint density at radius 2 is 1.90 bits per heavy atom. The van der Waals surface area contributed by atoms with Gasteiger partial charge in [0.2, 0.25) is 0 Å². The fourth-order valence-electron chi connectivity index (χ4n) is 1.79. The van der Waals surface area contributed by atoms with Gasteiger partial charge in [-0.05, 0) is 38.5 Å². The molecule has 0 aliphatic heterocycles. The maximum atomic E-state index is 5.92. The fourth-order valence-corrected chi connectivity index (χ4v) is 1.79. The summed E-state index contributed by atoms with van der Waals surface area (Å²) in [5.74, 6) is 0.846. The van der Waals surface area contributed by atoms with Crippen LogP contribution < -0.4 is 10.1 Å². The maximum absolute atomic E-state index is 5.92. The van der Waals surface area contributed by atoms with Crippen molar-refractivity contribution < 1.29 is 14.2 Å². The van der Waals surface area contributed by atoms with E-state index in [2.05, 4.69) is 32.2 Å². The summed E-state index contributed by atoms with van der Waals surface area (Å²) in [6, 6.07) is 8.00. The number of methoxy groups -OCH3 is 2. The molecule has 0 bridgehead atoms. The van der Waals surface area contributed by atoms with Crippen molar-refractivity contribution in [3.63, 3.8) is 0 Å². The molecular formula is C16H27NO3. The molecule has 0 amide bonds. The van der Waals surface area contributed by atoms with Crippen molar-refractivity contribution in [3.8, 4) is 5.75 Å². The predicted octanol–water partition coefficient (Wildman–Crippen LogP) is 2.79. The van der Waals surface area contributed by atoms with Gasteiger partial charge >= 0.3 is 0 Å². The second-order valence-electron chi connectivity index (χ2n) is 5.76. The zero-order valence-electron chi connectivity index (χ0n) is 13.2. The van der Waals surface area contributed by atoms with Crippen LogP contribution in [0.2, 0.25) is 0 Å². The minimum atomic E-state index is -0.0144. The largest absolute Gasteiger partial charge is 0.497 e.